The molecule has 1 N–H and O–H groups in total. The van der Waals surface area contributed by atoms with Crippen LogP contribution in [-0.4, -0.2) is 61.3 Å². The van der Waals surface area contributed by atoms with Crippen molar-refractivity contribution in [2.75, 3.05) is 25.1 Å². The average Bonchev–Trinajstić information content (AvgIpc) is 3.06. The van der Waals surface area contributed by atoms with E-state index in [9.17, 15) is 18.0 Å². The molecule has 0 bridgehead atoms. The largest absolute Gasteiger partial charge is 0.343 e. The van der Waals surface area contributed by atoms with Gasteiger partial charge in [-0.05, 0) is 31.0 Å². The molecule has 0 radical (unpaired) electrons. The van der Waals surface area contributed by atoms with Gasteiger partial charge in [0.15, 0.2) is 0 Å². The summed E-state index contributed by atoms with van der Waals surface area (Å²) >= 11 is 1.45. The Bertz CT molecular complexity index is 893. The first-order valence-electron chi connectivity index (χ1n) is 7.93. The zero-order chi connectivity index (χ0) is 18.0. The Morgan fingerprint density at radius 1 is 1.32 bits per heavy atom. The molecule has 1 aromatic heterocycles. The summed E-state index contributed by atoms with van der Waals surface area (Å²) in [5.74, 6) is -0.327. The van der Waals surface area contributed by atoms with Gasteiger partial charge in [-0.2, -0.15) is 0 Å². The number of aromatic nitrogens is 1. The molecule has 1 aliphatic heterocycles. The van der Waals surface area contributed by atoms with E-state index in [1.54, 1.807) is 35.7 Å². The van der Waals surface area contributed by atoms with E-state index in [0.717, 1.165) is 10.2 Å². The van der Waals surface area contributed by atoms with Gasteiger partial charge in [-0.25, -0.2) is 13.4 Å². The summed E-state index contributed by atoms with van der Waals surface area (Å²) in [4.78, 5) is 30.2. The van der Waals surface area contributed by atoms with Gasteiger partial charge in [0.25, 0.3) is 5.91 Å². The molecule has 2 aromatic rings. The lowest BCUT2D eigenvalue weighted by molar-refractivity contribution is -0.131. The fourth-order valence-electron chi connectivity index (χ4n) is 2.85. The number of sulfone groups is 1. The van der Waals surface area contributed by atoms with Gasteiger partial charge in [0.1, 0.15) is 9.84 Å². The van der Waals surface area contributed by atoms with Gasteiger partial charge in [0.05, 0.1) is 33.8 Å². The summed E-state index contributed by atoms with van der Waals surface area (Å²) in [6.45, 7) is -0.112. The SMILES string of the molecule is CN(C(=O)CNC(=O)c1ccc2ncsc2c1)C1CCS(=O)(=O)CC1. The minimum atomic E-state index is -2.96. The lowest BCUT2D eigenvalue weighted by Crippen LogP contribution is -2.46. The lowest BCUT2D eigenvalue weighted by atomic mass is 10.1. The third-order valence-corrected chi connectivity index (χ3v) is 6.97. The van der Waals surface area contributed by atoms with Crippen molar-refractivity contribution in [1.29, 1.82) is 0 Å². The van der Waals surface area contributed by atoms with Gasteiger partial charge >= 0.3 is 0 Å². The maximum Gasteiger partial charge on any atom is 0.251 e. The first-order valence-corrected chi connectivity index (χ1v) is 10.6. The van der Waals surface area contributed by atoms with E-state index in [4.69, 9.17) is 0 Å². The minimum absolute atomic E-state index is 0.0959. The molecule has 0 spiro atoms. The number of nitrogens with one attached hydrogen (secondary N) is 1. The van der Waals surface area contributed by atoms with Crippen molar-refractivity contribution in [3.8, 4) is 0 Å². The Morgan fingerprint density at radius 2 is 2.04 bits per heavy atom. The Hall–Kier alpha value is -2.00. The Labute approximate surface area is 150 Å². The van der Waals surface area contributed by atoms with Crippen LogP contribution in [0, 0.1) is 0 Å². The van der Waals surface area contributed by atoms with Crippen molar-refractivity contribution in [3.63, 3.8) is 0 Å². The van der Waals surface area contributed by atoms with Gasteiger partial charge in [-0.15, -0.1) is 11.3 Å². The molecule has 3 rings (SSSR count). The fourth-order valence-corrected chi connectivity index (χ4v) is 5.03. The van der Waals surface area contributed by atoms with E-state index in [2.05, 4.69) is 10.3 Å². The van der Waals surface area contributed by atoms with Crippen LogP contribution in [0.3, 0.4) is 0 Å². The minimum Gasteiger partial charge on any atom is -0.343 e. The molecule has 1 fully saturated rings. The standard InChI is InChI=1S/C16H19N3O4S2/c1-19(12-4-6-25(22,23)7-5-12)15(20)9-17-16(21)11-2-3-13-14(8-11)24-10-18-13/h2-3,8,10,12H,4-7,9H2,1H3,(H,17,21). The first kappa shape index (κ1) is 17.8. The number of likely N-dealkylation sites (N-methyl/N-ethyl adjacent to an activating group) is 1. The van der Waals surface area contributed by atoms with Crippen LogP contribution in [0.2, 0.25) is 0 Å². The van der Waals surface area contributed by atoms with E-state index in [1.807, 2.05) is 0 Å². The molecule has 1 saturated heterocycles. The fraction of sp³-hybridized carbons (Fsp3) is 0.438. The number of hydrogen-bond acceptors (Lipinski definition) is 6. The van der Waals surface area contributed by atoms with E-state index in [1.165, 1.54) is 11.3 Å². The van der Waals surface area contributed by atoms with E-state index in [-0.39, 0.29) is 35.9 Å². The normalized spacial score (nSPS) is 17.3. The summed E-state index contributed by atoms with van der Waals surface area (Å²) in [6.07, 6.45) is 0.890. The van der Waals surface area contributed by atoms with E-state index < -0.39 is 9.84 Å². The Morgan fingerprint density at radius 3 is 2.76 bits per heavy atom. The van der Waals surface area contributed by atoms with Crippen LogP contribution >= 0.6 is 11.3 Å². The van der Waals surface area contributed by atoms with Crippen LogP contribution in [0.5, 0.6) is 0 Å². The molecule has 0 saturated carbocycles. The second-order valence-electron chi connectivity index (χ2n) is 6.11. The molecule has 0 atom stereocenters. The van der Waals surface area contributed by atoms with Gasteiger partial charge in [0, 0.05) is 18.7 Å². The number of fused-ring (bicyclic) bond motifs is 1. The molecule has 2 heterocycles. The van der Waals surface area contributed by atoms with Crippen molar-refractivity contribution in [3.05, 3.63) is 29.3 Å². The predicted octanol–water partition coefficient (Wildman–Crippen LogP) is 1.06. The summed E-state index contributed by atoms with van der Waals surface area (Å²) < 4.78 is 23.9. The maximum atomic E-state index is 12.3. The molecular formula is C16H19N3O4S2. The third kappa shape index (κ3) is 4.16. The summed E-state index contributed by atoms with van der Waals surface area (Å²) in [6, 6.07) is 5.11. The van der Waals surface area contributed by atoms with Crippen LogP contribution in [-0.2, 0) is 14.6 Å². The number of carbonyl (C=O) groups excluding carboxylic acids is 2. The molecular weight excluding hydrogens is 362 g/mol. The molecule has 25 heavy (non-hydrogen) atoms. The van der Waals surface area contributed by atoms with Crippen molar-refractivity contribution >= 4 is 43.2 Å². The number of hydrogen-bond donors (Lipinski definition) is 1. The first-order chi connectivity index (χ1) is 11.9. The van der Waals surface area contributed by atoms with E-state index in [0.29, 0.717) is 18.4 Å². The second-order valence-corrected chi connectivity index (χ2v) is 9.30. The smallest absolute Gasteiger partial charge is 0.251 e. The highest BCUT2D eigenvalue weighted by atomic mass is 32.2. The molecule has 134 valence electrons. The number of nitrogens with zero attached hydrogens (tertiary/aromatic N) is 2. The number of rotatable bonds is 4. The highest BCUT2D eigenvalue weighted by Gasteiger charge is 2.28. The topological polar surface area (TPSA) is 96.4 Å². The van der Waals surface area contributed by atoms with Gasteiger partial charge in [-0.1, -0.05) is 0 Å². The molecule has 7 nitrogen and oxygen atoms in total. The van der Waals surface area contributed by atoms with Crippen molar-refractivity contribution < 1.29 is 18.0 Å². The molecule has 9 heteroatoms. The number of carbonyl (C=O) groups is 2. The predicted molar refractivity (Wildman–Crippen MR) is 96.4 cm³/mol. The molecule has 0 aliphatic carbocycles. The van der Waals surface area contributed by atoms with Crippen LogP contribution in [0.25, 0.3) is 10.2 Å². The molecule has 0 unspecified atom stereocenters. The van der Waals surface area contributed by atoms with E-state index >= 15 is 0 Å². The Balaban J connectivity index is 1.55. The Kier molecular flexibility index (Phi) is 5.05. The highest BCUT2D eigenvalue weighted by Crippen LogP contribution is 2.19. The van der Waals surface area contributed by atoms with Crippen LogP contribution < -0.4 is 5.32 Å². The highest BCUT2D eigenvalue weighted by molar-refractivity contribution is 7.91. The van der Waals surface area contributed by atoms with Gasteiger partial charge in [0.2, 0.25) is 5.91 Å². The quantitative estimate of drug-likeness (QED) is 0.854. The van der Waals surface area contributed by atoms with Crippen molar-refractivity contribution in [2.45, 2.75) is 18.9 Å². The van der Waals surface area contributed by atoms with Gasteiger partial charge in [-0.3, -0.25) is 9.59 Å². The number of amides is 2. The van der Waals surface area contributed by atoms with Crippen molar-refractivity contribution in [2.24, 2.45) is 0 Å². The zero-order valence-corrected chi connectivity index (χ0v) is 15.4. The third-order valence-electron chi connectivity index (χ3n) is 4.46. The van der Waals surface area contributed by atoms with Gasteiger partial charge < -0.3 is 10.2 Å². The summed E-state index contributed by atoms with van der Waals surface area (Å²) in [7, 11) is -1.31. The number of benzene rings is 1. The molecule has 2 amide bonds. The summed E-state index contributed by atoms with van der Waals surface area (Å²) in [5, 5.41) is 2.63. The average molecular weight is 381 g/mol. The lowest BCUT2D eigenvalue weighted by Gasteiger charge is -2.31. The van der Waals surface area contributed by atoms with Crippen LogP contribution in [0.15, 0.2) is 23.7 Å². The molecule has 1 aliphatic rings. The van der Waals surface area contributed by atoms with Crippen LogP contribution in [0.1, 0.15) is 23.2 Å². The van der Waals surface area contributed by atoms with Crippen LogP contribution in [0.4, 0.5) is 0 Å². The number of thiazole rings is 1. The maximum absolute atomic E-state index is 12.3. The monoisotopic (exact) mass is 381 g/mol. The second kappa shape index (κ2) is 7.09. The molecule has 1 aromatic carbocycles. The summed E-state index contributed by atoms with van der Waals surface area (Å²) in [5.41, 5.74) is 3.04. The zero-order valence-electron chi connectivity index (χ0n) is 13.8. The van der Waals surface area contributed by atoms with Crippen molar-refractivity contribution in [1.82, 2.24) is 15.2 Å².